The van der Waals surface area contributed by atoms with Crippen LogP contribution >= 0.6 is 0 Å². The molecule has 0 spiro atoms. The minimum absolute atomic E-state index is 0.765. The SMILES string of the molecule is CCCCCCCCCCC=c1ccc(=Cc2[nH]c(-c3ccc[nH]3)cc2OCCCCCCCCCCC)[nH]1. The van der Waals surface area contributed by atoms with Crippen LogP contribution in [-0.4, -0.2) is 21.6 Å². The first-order valence-corrected chi connectivity index (χ1v) is 16.2. The Kier molecular flexibility index (Phi) is 15.4. The molecular formula is C35H55N3O. The fourth-order valence-electron chi connectivity index (χ4n) is 5.24. The molecule has 3 N–H and O–H groups in total. The summed E-state index contributed by atoms with van der Waals surface area (Å²) in [5, 5.41) is 2.31. The third-order valence-corrected chi connectivity index (χ3v) is 7.66. The molecule has 0 aliphatic rings. The lowest BCUT2D eigenvalue weighted by molar-refractivity contribution is 0.304. The quantitative estimate of drug-likeness (QED) is 0.111. The van der Waals surface area contributed by atoms with Crippen LogP contribution in [0, 0.1) is 0 Å². The second kappa shape index (κ2) is 19.4. The Hall–Kier alpha value is -2.62. The monoisotopic (exact) mass is 533 g/mol. The Labute approximate surface area is 237 Å². The average molecular weight is 534 g/mol. The summed E-state index contributed by atoms with van der Waals surface area (Å²) in [7, 11) is 0. The van der Waals surface area contributed by atoms with Gasteiger partial charge in [0.1, 0.15) is 5.75 Å². The van der Waals surface area contributed by atoms with Crippen molar-refractivity contribution >= 4 is 12.2 Å². The molecule has 0 atom stereocenters. The molecule has 0 amide bonds. The van der Waals surface area contributed by atoms with Gasteiger partial charge in [-0.1, -0.05) is 116 Å². The number of unbranched alkanes of at least 4 members (excludes halogenated alkanes) is 16. The maximum Gasteiger partial charge on any atom is 0.144 e. The van der Waals surface area contributed by atoms with Crippen LogP contribution < -0.4 is 15.4 Å². The fourth-order valence-corrected chi connectivity index (χ4v) is 5.24. The van der Waals surface area contributed by atoms with E-state index in [1.165, 1.54) is 108 Å². The van der Waals surface area contributed by atoms with Crippen LogP contribution in [0.3, 0.4) is 0 Å². The van der Waals surface area contributed by atoms with Crippen molar-refractivity contribution in [3.8, 4) is 17.1 Å². The van der Waals surface area contributed by atoms with Crippen molar-refractivity contribution in [3.63, 3.8) is 0 Å². The van der Waals surface area contributed by atoms with E-state index in [0.29, 0.717) is 0 Å². The maximum absolute atomic E-state index is 6.29. The summed E-state index contributed by atoms with van der Waals surface area (Å²) in [6, 6.07) is 10.6. The molecule has 0 aromatic carbocycles. The van der Waals surface area contributed by atoms with E-state index in [1.807, 2.05) is 12.3 Å². The molecule has 216 valence electrons. The lowest BCUT2D eigenvalue weighted by Gasteiger charge is -2.05. The van der Waals surface area contributed by atoms with Crippen LogP contribution in [-0.2, 0) is 0 Å². The van der Waals surface area contributed by atoms with Crippen molar-refractivity contribution in [1.82, 2.24) is 15.0 Å². The van der Waals surface area contributed by atoms with Crippen molar-refractivity contribution in [1.29, 1.82) is 0 Å². The van der Waals surface area contributed by atoms with Crippen molar-refractivity contribution in [2.45, 2.75) is 129 Å². The lowest BCUT2D eigenvalue weighted by atomic mass is 10.1. The van der Waals surface area contributed by atoms with Gasteiger partial charge in [0.25, 0.3) is 0 Å². The Morgan fingerprint density at radius 3 is 1.90 bits per heavy atom. The largest absolute Gasteiger partial charge is 0.491 e. The van der Waals surface area contributed by atoms with Crippen molar-refractivity contribution in [3.05, 3.63) is 52.9 Å². The second-order valence-electron chi connectivity index (χ2n) is 11.2. The van der Waals surface area contributed by atoms with Gasteiger partial charge in [0.15, 0.2) is 0 Å². The highest BCUT2D eigenvalue weighted by molar-refractivity contribution is 5.65. The van der Waals surface area contributed by atoms with Crippen molar-refractivity contribution in [2.24, 2.45) is 0 Å². The van der Waals surface area contributed by atoms with Crippen LogP contribution in [0.4, 0.5) is 0 Å². The predicted molar refractivity (Wildman–Crippen MR) is 169 cm³/mol. The van der Waals surface area contributed by atoms with Gasteiger partial charge in [0, 0.05) is 23.0 Å². The molecule has 3 rings (SSSR count). The molecule has 0 saturated carbocycles. The summed E-state index contributed by atoms with van der Waals surface area (Å²) in [5.41, 5.74) is 3.15. The van der Waals surface area contributed by atoms with Gasteiger partial charge in [-0.05, 0) is 49.6 Å². The van der Waals surface area contributed by atoms with Gasteiger partial charge in [0.05, 0.1) is 23.7 Å². The van der Waals surface area contributed by atoms with Crippen molar-refractivity contribution in [2.75, 3.05) is 6.61 Å². The smallest absolute Gasteiger partial charge is 0.144 e. The van der Waals surface area contributed by atoms with Crippen LogP contribution in [0.1, 0.15) is 135 Å². The number of hydrogen-bond donors (Lipinski definition) is 3. The zero-order valence-corrected chi connectivity index (χ0v) is 25.0. The van der Waals surface area contributed by atoms with E-state index in [4.69, 9.17) is 4.74 Å². The number of aromatic amines is 3. The Balaban J connectivity index is 1.49. The summed E-state index contributed by atoms with van der Waals surface area (Å²) in [6.45, 7) is 5.33. The summed E-state index contributed by atoms with van der Waals surface area (Å²) < 4.78 is 6.29. The van der Waals surface area contributed by atoms with E-state index >= 15 is 0 Å². The first-order valence-electron chi connectivity index (χ1n) is 16.2. The van der Waals surface area contributed by atoms with Gasteiger partial charge < -0.3 is 19.7 Å². The van der Waals surface area contributed by atoms with Crippen LogP contribution in [0.5, 0.6) is 5.75 Å². The molecule has 4 heteroatoms. The summed E-state index contributed by atoms with van der Waals surface area (Å²) >= 11 is 0. The predicted octanol–water partition coefficient (Wildman–Crippen LogP) is 9.39. The molecular weight excluding hydrogens is 478 g/mol. The van der Waals surface area contributed by atoms with Crippen LogP contribution in [0.15, 0.2) is 36.5 Å². The molecule has 0 fully saturated rings. The summed E-state index contributed by atoms with van der Waals surface area (Å²) in [5.74, 6) is 0.929. The number of nitrogens with one attached hydrogen (secondary N) is 3. The minimum Gasteiger partial charge on any atom is -0.491 e. The van der Waals surface area contributed by atoms with Gasteiger partial charge in [0.2, 0.25) is 0 Å². The molecule has 3 heterocycles. The standard InChI is InChI=1S/C35H55N3O/c1-3-5-7-9-11-13-15-17-19-22-30-24-25-31(37-30)28-34-35(29-33(38-34)32-23-21-26-36-32)39-27-20-18-16-14-12-10-8-6-4-2/h21-26,28-29,36-38H,3-20,27H2,1-2H3. The highest BCUT2D eigenvalue weighted by atomic mass is 16.5. The van der Waals surface area contributed by atoms with Gasteiger partial charge >= 0.3 is 0 Å². The Morgan fingerprint density at radius 2 is 1.26 bits per heavy atom. The third-order valence-electron chi connectivity index (χ3n) is 7.66. The molecule has 0 radical (unpaired) electrons. The molecule has 0 saturated heterocycles. The second-order valence-corrected chi connectivity index (χ2v) is 11.2. The number of H-pyrrole nitrogens is 3. The fraction of sp³-hybridized carbons (Fsp3) is 0.600. The number of rotatable bonds is 22. The molecule has 0 unspecified atom stereocenters. The number of hydrogen-bond acceptors (Lipinski definition) is 1. The number of aromatic nitrogens is 3. The summed E-state index contributed by atoms with van der Waals surface area (Å²) in [4.78, 5) is 10.4. The van der Waals surface area contributed by atoms with Gasteiger partial charge in [-0.2, -0.15) is 0 Å². The van der Waals surface area contributed by atoms with Gasteiger partial charge in [-0.3, -0.25) is 0 Å². The highest BCUT2D eigenvalue weighted by Gasteiger charge is 2.10. The van der Waals surface area contributed by atoms with E-state index in [2.05, 4.69) is 65.2 Å². The van der Waals surface area contributed by atoms with E-state index < -0.39 is 0 Å². The molecule has 3 aromatic rings. The molecule has 39 heavy (non-hydrogen) atoms. The van der Waals surface area contributed by atoms with E-state index in [1.54, 1.807) is 0 Å². The summed E-state index contributed by atoms with van der Waals surface area (Å²) in [6.07, 6.45) is 30.4. The van der Waals surface area contributed by atoms with E-state index in [0.717, 1.165) is 47.6 Å². The van der Waals surface area contributed by atoms with Gasteiger partial charge in [-0.15, -0.1) is 0 Å². The average Bonchev–Trinajstić information content (AvgIpc) is 3.71. The van der Waals surface area contributed by atoms with Crippen LogP contribution in [0.25, 0.3) is 23.5 Å². The molecule has 3 aromatic heterocycles. The molecule has 0 bridgehead atoms. The topological polar surface area (TPSA) is 56.6 Å². The highest BCUT2D eigenvalue weighted by Crippen LogP contribution is 2.27. The third kappa shape index (κ3) is 12.4. The van der Waals surface area contributed by atoms with E-state index in [-0.39, 0.29) is 0 Å². The van der Waals surface area contributed by atoms with Crippen LogP contribution in [0.2, 0.25) is 0 Å². The Bertz CT molecular complexity index is 1110. The molecule has 0 aliphatic heterocycles. The maximum atomic E-state index is 6.29. The zero-order chi connectivity index (χ0) is 27.4. The number of ether oxygens (including phenoxy) is 1. The molecule has 4 nitrogen and oxygen atoms in total. The zero-order valence-electron chi connectivity index (χ0n) is 25.0. The molecule has 0 aliphatic carbocycles. The van der Waals surface area contributed by atoms with Gasteiger partial charge in [-0.25, -0.2) is 0 Å². The normalized spacial score (nSPS) is 12.6. The minimum atomic E-state index is 0.765. The Morgan fingerprint density at radius 1 is 0.641 bits per heavy atom. The lowest BCUT2D eigenvalue weighted by Crippen LogP contribution is -2.09. The van der Waals surface area contributed by atoms with Crippen molar-refractivity contribution < 1.29 is 4.74 Å². The van der Waals surface area contributed by atoms with E-state index in [9.17, 15) is 0 Å². The first kappa shape index (κ1) is 30.9. The first-order chi connectivity index (χ1) is 19.3.